The fourth-order valence-corrected chi connectivity index (χ4v) is 2.06. The minimum Gasteiger partial charge on any atom is -0.508 e. The van der Waals surface area contributed by atoms with Crippen LogP contribution in [0.5, 0.6) is 5.75 Å². The molecule has 1 atom stereocenters. The molecule has 0 saturated carbocycles. The highest BCUT2D eigenvalue weighted by Gasteiger charge is 2.12. The first-order chi connectivity index (χ1) is 8.04. The van der Waals surface area contributed by atoms with E-state index in [2.05, 4.69) is 48.1 Å². The van der Waals surface area contributed by atoms with E-state index < -0.39 is 0 Å². The second-order valence-corrected chi connectivity index (χ2v) is 5.27. The van der Waals surface area contributed by atoms with Gasteiger partial charge in [0.05, 0.1) is 0 Å². The van der Waals surface area contributed by atoms with Gasteiger partial charge >= 0.3 is 0 Å². The molecular formula is C14H20BrNO. The lowest BCUT2D eigenvalue weighted by Crippen LogP contribution is -2.21. The van der Waals surface area contributed by atoms with Gasteiger partial charge in [-0.25, -0.2) is 0 Å². The Balaban J connectivity index is 2.79. The second-order valence-electron chi connectivity index (χ2n) is 4.35. The van der Waals surface area contributed by atoms with E-state index in [1.54, 1.807) is 6.07 Å². The second kappa shape index (κ2) is 6.82. The molecule has 0 aliphatic carbocycles. The van der Waals surface area contributed by atoms with E-state index in [1.165, 1.54) is 5.57 Å². The number of aromatic hydroxyl groups is 1. The SMILES string of the molecule is CCC(NCC=C(C)C)c1cc(Br)ccc1O. The van der Waals surface area contributed by atoms with Crippen LogP contribution in [-0.4, -0.2) is 11.7 Å². The summed E-state index contributed by atoms with van der Waals surface area (Å²) >= 11 is 3.43. The van der Waals surface area contributed by atoms with Crippen molar-refractivity contribution in [2.75, 3.05) is 6.54 Å². The summed E-state index contributed by atoms with van der Waals surface area (Å²) in [6.45, 7) is 7.10. The zero-order chi connectivity index (χ0) is 12.8. The van der Waals surface area contributed by atoms with Gasteiger partial charge < -0.3 is 10.4 Å². The van der Waals surface area contributed by atoms with Crippen LogP contribution in [0.3, 0.4) is 0 Å². The van der Waals surface area contributed by atoms with Crippen LogP contribution in [0.2, 0.25) is 0 Å². The van der Waals surface area contributed by atoms with E-state index in [-0.39, 0.29) is 6.04 Å². The third kappa shape index (κ3) is 4.52. The average molecular weight is 298 g/mol. The van der Waals surface area contributed by atoms with Gasteiger partial charge in [0.15, 0.2) is 0 Å². The summed E-state index contributed by atoms with van der Waals surface area (Å²) in [7, 11) is 0. The van der Waals surface area contributed by atoms with Gasteiger partial charge in [0.2, 0.25) is 0 Å². The number of nitrogens with one attached hydrogen (secondary N) is 1. The predicted octanol–water partition coefficient (Wildman–Crippen LogP) is 4.16. The van der Waals surface area contributed by atoms with Gasteiger partial charge in [-0.2, -0.15) is 0 Å². The molecule has 0 saturated heterocycles. The average Bonchev–Trinajstić information content (AvgIpc) is 2.28. The molecule has 0 fully saturated rings. The molecule has 94 valence electrons. The van der Waals surface area contributed by atoms with E-state index in [0.29, 0.717) is 5.75 Å². The maximum Gasteiger partial charge on any atom is 0.120 e. The van der Waals surface area contributed by atoms with Crippen molar-refractivity contribution in [3.8, 4) is 5.75 Å². The topological polar surface area (TPSA) is 32.3 Å². The Morgan fingerprint density at radius 1 is 1.47 bits per heavy atom. The Kier molecular flexibility index (Phi) is 5.72. The van der Waals surface area contributed by atoms with Crippen molar-refractivity contribution in [3.05, 3.63) is 39.9 Å². The van der Waals surface area contributed by atoms with E-state index in [1.807, 2.05) is 12.1 Å². The first-order valence-corrected chi connectivity index (χ1v) is 6.69. The first-order valence-electron chi connectivity index (χ1n) is 5.89. The number of phenols is 1. The normalized spacial score (nSPS) is 12.2. The van der Waals surface area contributed by atoms with Crippen molar-refractivity contribution in [2.24, 2.45) is 0 Å². The van der Waals surface area contributed by atoms with Crippen LogP contribution in [0.25, 0.3) is 0 Å². The first kappa shape index (κ1) is 14.3. The van der Waals surface area contributed by atoms with Crippen LogP contribution in [0.1, 0.15) is 38.8 Å². The molecule has 0 spiro atoms. The maximum atomic E-state index is 9.87. The predicted molar refractivity (Wildman–Crippen MR) is 76.3 cm³/mol. The molecule has 0 aliphatic rings. The maximum absolute atomic E-state index is 9.87. The summed E-state index contributed by atoms with van der Waals surface area (Å²) < 4.78 is 0.993. The lowest BCUT2D eigenvalue weighted by Gasteiger charge is -2.18. The minimum atomic E-state index is 0.183. The number of benzene rings is 1. The van der Waals surface area contributed by atoms with Gasteiger partial charge in [-0.15, -0.1) is 0 Å². The van der Waals surface area contributed by atoms with Gasteiger partial charge in [0.1, 0.15) is 5.75 Å². The summed E-state index contributed by atoms with van der Waals surface area (Å²) in [5, 5.41) is 13.3. The van der Waals surface area contributed by atoms with Crippen LogP contribution in [0.4, 0.5) is 0 Å². The molecule has 0 heterocycles. The number of hydrogen-bond acceptors (Lipinski definition) is 2. The smallest absolute Gasteiger partial charge is 0.120 e. The molecule has 0 amide bonds. The Morgan fingerprint density at radius 3 is 2.76 bits per heavy atom. The molecule has 2 nitrogen and oxygen atoms in total. The van der Waals surface area contributed by atoms with E-state index in [9.17, 15) is 5.11 Å². The quantitative estimate of drug-likeness (QED) is 0.800. The Bertz CT molecular complexity index is 397. The Hall–Kier alpha value is -0.800. The van der Waals surface area contributed by atoms with Crippen LogP contribution in [-0.2, 0) is 0 Å². The summed E-state index contributed by atoms with van der Waals surface area (Å²) in [6.07, 6.45) is 3.10. The zero-order valence-electron chi connectivity index (χ0n) is 10.6. The lowest BCUT2D eigenvalue weighted by atomic mass is 10.0. The fraction of sp³-hybridized carbons (Fsp3) is 0.429. The summed E-state index contributed by atoms with van der Waals surface area (Å²) in [5.74, 6) is 0.352. The molecule has 1 unspecified atom stereocenters. The molecule has 17 heavy (non-hydrogen) atoms. The summed E-state index contributed by atoms with van der Waals surface area (Å²) in [4.78, 5) is 0. The summed E-state index contributed by atoms with van der Waals surface area (Å²) in [6, 6.07) is 5.73. The molecule has 0 radical (unpaired) electrons. The van der Waals surface area contributed by atoms with Crippen molar-refractivity contribution < 1.29 is 5.11 Å². The van der Waals surface area contributed by atoms with Crippen molar-refractivity contribution in [1.29, 1.82) is 0 Å². The van der Waals surface area contributed by atoms with Gasteiger partial charge in [-0.05, 0) is 38.5 Å². The monoisotopic (exact) mass is 297 g/mol. The van der Waals surface area contributed by atoms with Gasteiger partial charge in [-0.3, -0.25) is 0 Å². The number of allylic oxidation sites excluding steroid dienone is 1. The molecule has 0 aliphatic heterocycles. The third-order valence-corrected chi connectivity index (χ3v) is 3.14. The fourth-order valence-electron chi connectivity index (χ4n) is 1.68. The highest BCUT2D eigenvalue weighted by atomic mass is 79.9. The van der Waals surface area contributed by atoms with Crippen LogP contribution >= 0.6 is 15.9 Å². The Morgan fingerprint density at radius 2 is 2.18 bits per heavy atom. The zero-order valence-corrected chi connectivity index (χ0v) is 12.2. The van der Waals surface area contributed by atoms with Crippen molar-refractivity contribution in [3.63, 3.8) is 0 Å². The lowest BCUT2D eigenvalue weighted by molar-refractivity contribution is 0.446. The van der Waals surface area contributed by atoms with Gasteiger partial charge in [0, 0.05) is 22.6 Å². The largest absolute Gasteiger partial charge is 0.508 e. The van der Waals surface area contributed by atoms with Gasteiger partial charge in [0.25, 0.3) is 0 Å². The summed E-state index contributed by atoms with van der Waals surface area (Å²) in [5.41, 5.74) is 2.25. The third-order valence-electron chi connectivity index (χ3n) is 2.65. The molecule has 0 bridgehead atoms. The van der Waals surface area contributed by atoms with E-state index >= 15 is 0 Å². The Labute approximate surface area is 112 Å². The molecule has 3 heteroatoms. The van der Waals surface area contributed by atoms with Crippen LogP contribution in [0.15, 0.2) is 34.3 Å². The number of hydrogen-bond donors (Lipinski definition) is 2. The highest BCUT2D eigenvalue weighted by molar-refractivity contribution is 9.10. The van der Waals surface area contributed by atoms with Gasteiger partial charge in [-0.1, -0.05) is 34.5 Å². The number of halogens is 1. The van der Waals surface area contributed by atoms with Crippen LogP contribution < -0.4 is 5.32 Å². The molecule has 0 aromatic heterocycles. The molecule has 1 rings (SSSR count). The molecule has 1 aromatic rings. The van der Waals surface area contributed by atoms with Crippen molar-refractivity contribution >= 4 is 15.9 Å². The standard InChI is InChI=1S/C14H20BrNO/c1-4-13(16-8-7-10(2)3)12-9-11(15)5-6-14(12)17/h5-7,9,13,16-17H,4,8H2,1-3H3. The molecule has 2 N–H and O–H groups in total. The van der Waals surface area contributed by atoms with E-state index in [0.717, 1.165) is 23.0 Å². The highest BCUT2D eigenvalue weighted by Crippen LogP contribution is 2.29. The molecular weight excluding hydrogens is 278 g/mol. The van der Waals surface area contributed by atoms with Crippen molar-refractivity contribution in [2.45, 2.75) is 33.2 Å². The van der Waals surface area contributed by atoms with E-state index in [4.69, 9.17) is 0 Å². The molecule has 1 aromatic carbocycles. The number of rotatable bonds is 5. The number of phenolic OH excluding ortho intramolecular Hbond substituents is 1. The van der Waals surface area contributed by atoms with Crippen molar-refractivity contribution in [1.82, 2.24) is 5.32 Å². The minimum absolute atomic E-state index is 0.183. The van der Waals surface area contributed by atoms with Crippen LogP contribution in [0, 0.1) is 0 Å².